The zero-order chi connectivity index (χ0) is 11.3. The second kappa shape index (κ2) is 5.71. The van der Waals surface area contributed by atoms with Crippen molar-refractivity contribution in [2.45, 2.75) is 27.2 Å². The van der Waals surface area contributed by atoms with Crippen molar-refractivity contribution in [2.24, 2.45) is 0 Å². The van der Waals surface area contributed by atoms with E-state index < -0.39 is 0 Å². The summed E-state index contributed by atoms with van der Waals surface area (Å²) in [6.07, 6.45) is 0.852. The van der Waals surface area contributed by atoms with E-state index in [9.17, 15) is 4.79 Å². The van der Waals surface area contributed by atoms with Gasteiger partial charge in [0.05, 0.1) is 6.61 Å². The Balaban J connectivity index is 2.98. The number of ether oxygens (including phenoxy) is 1. The molecule has 0 atom stereocenters. The Morgan fingerprint density at radius 3 is 2.67 bits per heavy atom. The van der Waals surface area contributed by atoms with Gasteiger partial charge >= 0.3 is 5.97 Å². The Morgan fingerprint density at radius 2 is 2.20 bits per heavy atom. The maximum atomic E-state index is 11.6. The molecule has 3 heteroatoms. The van der Waals surface area contributed by atoms with Gasteiger partial charge in [-0.2, -0.15) is 0 Å². The van der Waals surface area contributed by atoms with Crippen LogP contribution in [0.15, 0.2) is 23.1 Å². The highest BCUT2D eigenvalue weighted by atomic mass is 32.1. The van der Waals surface area contributed by atoms with Gasteiger partial charge in [0.25, 0.3) is 0 Å². The zero-order valence-electron chi connectivity index (χ0n) is 9.37. The number of hydrogen-bond acceptors (Lipinski definition) is 3. The first-order valence-corrected chi connectivity index (χ1v) is 5.99. The molecule has 0 aliphatic carbocycles. The molecule has 0 spiro atoms. The maximum absolute atomic E-state index is 11.6. The minimum atomic E-state index is -0.206. The van der Waals surface area contributed by atoms with Gasteiger partial charge in [-0.1, -0.05) is 13.0 Å². The van der Waals surface area contributed by atoms with Crippen LogP contribution in [0.2, 0.25) is 0 Å². The van der Waals surface area contributed by atoms with Crippen molar-refractivity contribution in [3.8, 4) is 0 Å². The third-order valence-corrected chi connectivity index (χ3v) is 3.14. The first-order chi connectivity index (χ1) is 7.20. The fraction of sp³-hybridized carbons (Fsp3) is 0.417. The molecule has 0 amide bonds. The van der Waals surface area contributed by atoms with Crippen LogP contribution < -0.4 is 0 Å². The number of rotatable bonds is 4. The lowest BCUT2D eigenvalue weighted by atomic mass is 10.1. The molecular formula is C12H16O2S. The quantitative estimate of drug-likeness (QED) is 0.578. The summed E-state index contributed by atoms with van der Waals surface area (Å²) in [6, 6.07) is 4.03. The Kier molecular flexibility index (Phi) is 4.56. The van der Waals surface area contributed by atoms with Crippen LogP contribution in [-0.4, -0.2) is 12.6 Å². The van der Waals surface area contributed by atoms with Gasteiger partial charge in [0.15, 0.2) is 0 Å². The van der Waals surface area contributed by atoms with Crippen molar-refractivity contribution >= 4 is 22.9 Å². The molecule has 0 aliphatic heterocycles. The van der Waals surface area contributed by atoms with E-state index in [1.54, 1.807) is 11.3 Å². The minimum absolute atomic E-state index is 0.206. The molecule has 0 unspecified atom stereocenters. The molecule has 0 aromatic carbocycles. The molecule has 1 rings (SSSR count). The highest BCUT2D eigenvalue weighted by molar-refractivity contribution is 7.11. The summed E-state index contributed by atoms with van der Waals surface area (Å²) < 4.78 is 4.99. The van der Waals surface area contributed by atoms with Gasteiger partial charge in [-0.25, -0.2) is 4.79 Å². The van der Waals surface area contributed by atoms with Gasteiger partial charge in [-0.15, -0.1) is 11.3 Å². The Labute approximate surface area is 94.6 Å². The third kappa shape index (κ3) is 2.93. The molecule has 0 bridgehead atoms. The molecule has 0 saturated heterocycles. The molecule has 0 saturated carbocycles. The molecule has 0 N–H and O–H groups in total. The highest BCUT2D eigenvalue weighted by Crippen LogP contribution is 2.26. The molecular weight excluding hydrogens is 208 g/mol. The van der Waals surface area contributed by atoms with E-state index >= 15 is 0 Å². The Hall–Kier alpha value is -1.09. The summed E-state index contributed by atoms with van der Waals surface area (Å²) in [4.78, 5) is 12.7. The first-order valence-electron chi connectivity index (χ1n) is 5.11. The summed E-state index contributed by atoms with van der Waals surface area (Å²) in [5, 5.41) is 2.02. The number of hydrogen-bond donors (Lipinski definition) is 0. The van der Waals surface area contributed by atoms with E-state index in [0.29, 0.717) is 6.61 Å². The standard InChI is InChI=1S/C12H16O2S/c1-4-10(11-7-6-8-15-11)9(3)12(13)14-5-2/h6-8H,4-5H2,1-3H3/b10-9-. The van der Waals surface area contributed by atoms with Gasteiger partial charge < -0.3 is 4.74 Å². The van der Waals surface area contributed by atoms with Crippen LogP contribution >= 0.6 is 11.3 Å². The largest absolute Gasteiger partial charge is 0.463 e. The predicted molar refractivity (Wildman–Crippen MR) is 63.8 cm³/mol. The molecule has 2 nitrogen and oxygen atoms in total. The van der Waals surface area contributed by atoms with Crippen molar-refractivity contribution in [2.75, 3.05) is 6.61 Å². The number of allylic oxidation sites excluding steroid dienone is 1. The van der Waals surface area contributed by atoms with Crippen LogP contribution in [-0.2, 0) is 9.53 Å². The van der Waals surface area contributed by atoms with Gasteiger partial charge in [0.1, 0.15) is 0 Å². The normalized spacial score (nSPS) is 12.2. The topological polar surface area (TPSA) is 26.3 Å². The van der Waals surface area contributed by atoms with Crippen molar-refractivity contribution in [3.05, 3.63) is 28.0 Å². The molecule has 1 aromatic heterocycles. The molecule has 0 radical (unpaired) electrons. The third-order valence-electron chi connectivity index (χ3n) is 2.21. The van der Waals surface area contributed by atoms with Gasteiger partial charge in [-0.05, 0) is 37.3 Å². The van der Waals surface area contributed by atoms with Crippen LogP contribution in [0.3, 0.4) is 0 Å². The van der Waals surface area contributed by atoms with Crippen molar-refractivity contribution in [1.29, 1.82) is 0 Å². The summed E-state index contributed by atoms with van der Waals surface area (Å²) in [5.41, 5.74) is 1.81. The number of esters is 1. The van der Waals surface area contributed by atoms with E-state index in [0.717, 1.165) is 22.4 Å². The molecule has 1 aromatic rings. The smallest absolute Gasteiger partial charge is 0.334 e. The zero-order valence-corrected chi connectivity index (χ0v) is 10.2. The molecule has 1 heterocycles. The number of carbonyl (C=O) groups is 1. The van der Waals surface area contributed by atoms with Crippen LogP contribution in [0.5, 0.6) is 0 Å². The monoisotopic (exact) mass is 224 g/mol. The molecule has 15 heavy (non-hydrogen) atoms. The van der Waals surface area contributed by atoms with E-state index in [2.05, 4.69) is 6.92 Å². The van der Waals surface area contributed by atoms with Gasteiger partial charge in [-0.3, -0.25) is 0 Å². The summed E-state index contributed by atoms with van der Waals surface area (Å²) in [7, 11) is 0. The van der Waals surface area contributed by atoms with Crippen LogP contribution in [0.4, 0.5) is 0 Å². The predicted octanol–water partition coefficient (Wildman–Crippen LogP) is 3.49. The van der Waals surface area contributed by atoms with Crippen molar-refractivity contribution < 1.29 is 9.53 Å². The first kappa shape index (κ1) is 12.0. The van der Waals surface area contributed by atoms with Crippen molar-refractivity contribution in [3.63, 3.8) is 0 Å². The average Bonchev–Trinajstić information content (AvgIpc) is 2.72. The minimum Gasteiger partial charge on any atom is -0.463 e. The maximum Gasteiger partial charge on any atom is 0.334 e. The highest BCUT2D eigenvalue weighted by Gasteiger charge is 2.12. The van der Waals surface area contributed by atoms with E-state index in [1.165, 1.54) is 0 Å². The fourth-order valence-corrected chi connectivity index (χ4v) is 2.34. The molecule has 82 valence electrons. The lowest BCUT2D eigenvalue weighted by Gasteiger charge is -2.07. The lowest BCUT2D eigenvalue weighted by molar-refractivity contribution is -0.138. The van der Waals surface area contributed by atoms with Crippen LogP contribution in [0.1, 0.15) is 32.1 Å². The van der Waals surface area contributed by atoms with E-state index in [4.69, 9.17) is 4.74 Å². The summed E-state index contributed by atoms with van der Waals surface area (Å²) in [6.45, 7) is 6.13. The van der Waals surface area contributed by atoms with E-state index in [-0.39, 0.29) is 5.97 Å². The summed E-state index contributed by atoms with van der Waals surface area (Å²) >= 11 is 1.65. The Bertz CT molecular complexity index is 350. The number of thiophene rings is 1. The van der Waals surface area contributed by atoms with Gasteiger partial charge in [0.2, 0.25) is 0 Å². The molecule has 0 aliphatic rings. The fourth-order valence-electron chi connectivity index (χ4n) is 1.44. The second-order valence-electron chi connectivity index (χ2n) is 3.15. The lowest BCUT2D eigenvalue weighted by Crippen LogP contribution is -2.07. The van der Waals surface area contributed by atoms with Gasteiger partial charge in [0, 0.05) is 10.5 Å². The van der Waals surface area contributed by atoms with Crippen LogP contribution in [0.25, 0.3) is 5.57 Å². The van der Waals surface area contributed by atoms with E-state index in [1.807, 2.05) is 31.4 Å². The van der Waals surface area contributed by atoms with Crippen LogP contribution in [0, 0.1) is 0 Å². The SMILES string of the molecule is CCOC(=O)/C(C)=C(/CC)c1cccs1. The average molecular weight is 224 g/mol. The summed E-state index contributed by atoms with van der Waals surface area (Å²) in [5.74, 6) is -0.206. The number of carbonyl (C=O) groups excluding carboxylic acids is 1. The van der Waals surface area contributed by atoms with Crippen molar-refractivity contribution in [1.82, 2.24) is 0 Å². The molecule has 0 fully saturated rings. The second-order valence-corrected chi connectivity index (χ2v) is 4.10. The Morgan fingerprint density at radius 1 is 1.47 bits per heavy atom.